The van der Waals surface area contributed by atoms with Gasteiger partial charge >= 0.3 is 0 Å². The van der Waals surface area contributed by atoms with E-state index in [0.717, 1.165) is 50.6 Å². The van der Waals surface area contributed by atoms with Crippen molar-refractivity contribution in [1.82, 2.24) is 15.8 Å². The monoisotopic (exact) mass is 375 g/mol. The zero-order chi connectivity index (χ0) is 19.1. The minimum Gasteiger partial charge on any atom is -0.346 e. The molecule has 2 fully saturated rings. The van der Waals surface area contributed by atoms with E-state index in [2.05, 4.69) is 10.9 Å². The molecule has 1 aliphatic heterocycles. The van der Waals surface area contributed by atoms with Crippen molar-refractivity contribution < 1.29 is 9.18 Å². The molecule has 5 heteroatoms. The van der Waals surface area contributed by atoms with E-state index in [1.807, 2.05) is 24.1 Å². The number of nitrogens with one attached hydrogen (secondary N) is 2. The topological polar surface area (TPSA) is 44.4 Å². The molecule has 0 radical (unpaired) electrons. The third-order valence-electron chi connectivity index (χ3n) is 6.13. The summed E-state index contributed by atoms with van der Waals surface area (Å²) in [4.78, 5) is 14.4. The number of benzene rings is 1. The second-order valence-corrected chi connectivity index (χ2v) is 8.27. The van der Waals surface area contributed by atoms with Crippen LogP contribution in [-0.4, -0.2) is 30.4 Å². The van der Waals surface area contributed by atoms with Crippen molar-refractivity contribution in [2.75, 3.05) is 13.6 Å². The van der Waals surface area contributed by atoms with Crippen LogP contribution in [0, 0.1) is 11.7 Å². The maximum absolute atomic E-state index is 13.0. The van der Waals surface area contributed by atoms with Gasteiger partial charge in [-0.3, -0.25) is 15.6 Å². The number of carbonyl (C=O) groups excluding carboxylic acids is 1. The van der Waals surface area contributed by atoms with Crippen LogP contribution in [0.2, 0.25) is 0 Å². The predicted molar refractivity (Wildman–Crippen MR) is 106 cm³/mol. The molecular weight excluding hydrogens is 341 g/mol. The molecule has 2 atom stereocenters. The maximum Gasteiger partial charge on any atom is 0.225 e. The molecule has 2 unspecified atom stereocenters. The van der Waals surface area contributed by atoms with Crippen LogP contribution >= 0.6 is 0 Å². The zero-order valence-corrected chi connectivity index (χ0v) is 16.6. The molecule has 150 valence electrons. The summed E-state index contributed by atoms with van der Waals surface area (Å²) >= 11 is 0. The summed E-state index contributed by atoms with van der Waals surface area (Å²) < 4.78 is 13.0. The highest BCUT2D eigenvalue weighted by Crippen LogP contribution is 2.26. The Morgan fingerprint density at radius 2 is 1.81 bits per heavy atom. The van der Waals surface area contributed by atoms with Crippen molar-refractivity contribution in [2.24, 2.45) is 5.92 Å². The second kappa shape index (κ2) is 10.2. The van der Waals surface area contributed by atoms with E-state index in [4.69, 9.17) is 0 Å². The molecule has 27 heavy (non-hydrogen) atoms. The maximum atomic E-state index is 13.0. The Bertz CT molecular complexity index is 586. The minimum atomic E-state index is -0.187. The summed E-state index contributed by atoms with van der Waals surface area (Å²) in [5, 5.41) is 0. The van der Waals surface area contributed by atoms with Gasteiger partial charge in [-0.05, 0) is 49.8 Å². The molecular formula is C22H34FN3O. The SMILES string of the molecule is CN(CCCCCC1CC(c2ccc(F)cc2)NN1)C(=O)C1CCCCC1. The number of amides is 1. The largest absolute Gasteiger partial charge is 0.346 e. The fourth-order valence-electron chi connectivity index (χ4n) is 4.41. The molecule has 1 aromatic rings. The molecule has 3 rings (SSSR count). The van der Waals surface area contributed by atoms with E-state index in [1.54, 1.807) is 0 Å². The first-order chi connectivity index (χ1) is 13.1. The van der Waals surface area contributed by atoms with Crippen LogP contribution in [0.15, 0.2) is 24.3 Å². The van der Waals surface area contributed by atoms with Crippen LogP contribution in [0.25, 0.3) is 0 Å². The van der Waals surface area contributed by atoms with Gasteiger partial charge in [-0.1, -0.05) is 44.2 Å². The van der Waals surface area contributed by atoms with Crippen molar-refractivity contribution >= 4 is 5.91 Å². The molecule has 1 saturated heterocycles. The highest BCUT2D eigenvalue weighted by molar-refractivity contribution is 5.78. The van der Waals surface area contributed by atoms with Gasteiger partial charge < -0.3 is 4.90 Å². The summed E-state index contributed by atoms with van der Waals surface area (Å²) in [6.07, 6.45) is 11.4. The third kappa shape index (κ3) is 6.01. The molecule has 0 spiro atoms. The first kappa shape index (κ1) is 20.3. The molecule has 0 bridgehead atoms. The Kier molecular flexibility index (Phi) is 7.65. The molecule has 1 saturated carbocycles. The first-order valence-electron chi connectivity index (χ1n) is 10.6. The third-order valence-corrected chi connectivity index (χ3v) is 6.13. The number of halogens is 1. The quantitative estimate of drug-likeness (QED) is 0.665. The Balaban J connectivity index is 1.28. The number of hydrazine groups is 1. The van der Waals surface area contributed by atoms with E-state index in [-0.39, 0.29) is 17.8 Å². The number of rotatable bonds is 8. The lowest BCUT2D eigenvalue weighted by Gasteiger charge is -2.26. The van der Waals surface area contributed by atoms with Gasteiger partial charge in [0.05, 0.1) is 0 Å². The molecule has 1 amide bonds. The fraction of sp³-hybridized carbons (Fsp3) is 0.682. The average Bonchev–Trinajstić information content (AvgIpc) is 3.17. The fourth-order valence-corrected chi connectivity index (χ4v) is 4.41. The van der Waals surface area contributed by atoms with Gasteiger partial charge in [0.1, 0.15) is 5.82 Å². The van der Waals surface area contributed by atoms with Crippen LogP contribution in [0.5, 0.6) is 0 Å². The smallest absolute Gasteiger partial charge is 0.225 e. The van der Waals surface area contributed by atoms with Gasteiger partial charge in [0, 0.05) is 31.6 Å². The Hall–Kier alpha value is -1.46. The summed E-state index contributed by atoms with van der Waals surface area (Å²) in [6, 6.07) is 7.48. The predicted octanol–water partition coefficient (Wildman–Crippen LogP) is 4.33. The van der Waals surface area contributed by atoms with E-state index < -0.39 is 0 Å². The normalized spacial score (nSPS) is 23.5. The molecule has 4 nitrogen and oxygen atoms in total. The van der Waals surface area contributed by atoms with Gasteiger partial charge in [0.25, 0.3) is 0 Å². The molecule has 1 aliphatic carbocycles. The summed E-state index contributed by atoms with van der Waals surface area (Å²) in [5.74, 6) is 0.451. The summed E-state index contributed by atoms with van der Waals surface area (Å²) in [7, 11) is 1.96. The van der Waals surface area contributed by atoms with Crippen LogP contribution in [0.4, 0.5) is 4.39 Å². The number of unbranched alkanes of at least 4 members (excludes halogenated alkanes) is 2. The van der Waals surface area contributed by atoms with Crippen LogP contribution in [0.3, 0.4) is 0 Å². The van der Waals surface area contributed by atoms with E-state index in [1.165, 1.54) is 37.8 Å². The van der Waals surface area contributed by atoms with Crippen LogP contribution < -0.4 is 10.9 Å². The Morgan fingerprint density at radius 1 is 1.07 bits per heavy atom. The lowest BCUT2D eigenvalue weighted by atomic mass is 9.88. The molecule has 0 aromatic heterocycles. The molecule has 1 heterocycles. The van der Waals surface area contributed by atoms with Crippen LogP contribution in [-0.2, 0) is 4.79 Å². The standard InChI is InChI=1S/C22H34FN3O/c1-26(22(27)18-8-4-2-5-9-18)15-7-3-6-10-20-16-21(25-24-20)17-11-13-19(23)14-12-17/h11-14,18,20-21,24-25H,2-10,15-16H2,1H3. The lowest BCUT2D eigenvalue weighted by Crippen LogP contribution is -2.34. The summed E-state index contributed by atoms with van der Waals surface area (Å²) in [6.45, 7) is 0.879. The number of nitrogens with zero attached hydrogens (tertiary/aromatic N) is 1. The number of hydrogen-bond acceptors (Lipinski definition) is 3. The van der Waals surface area contributed by atoms with E-state index in [0.29, 0.717) is 11.9 Å². The van der Waals surface area contributed by atoms with Gasteiger partial charge in [-0.15, -0.1) is 0 Å². The zero-order valence-electron chi connectivity index (χ0n) is 16.6. The molecule has 2 N–H and O–H groups in total. The molecule has 1 aromatic carbocycles. The van der Waals surface area contributed by atoms with Gasteiger partial charge in [-0.25, -0.2) is 4.39 Å². The number of carbonyl (C=O) groups is 1. The second-order valence-electron chi connectivity index (χ2n) is 8.27. The van der Waals surface area contributed by atoms with Gasteiger partial charge in [-0.2, -0.15) is 0 Å². The number of hydrogen-bond donors (Lipinski definition) is 2. The van der Waals surface area contributed by atoms with Crippen molar-refractivity contribution in [1.29, 1.82) is 0 Å². The Labute approximate surface area is 162 Å². The van der Waals surface area contributed by atoms with E-state index >= 15 is 0 Å². The van der Waals surface area contributed by atoms with Crippen molar-refractivity contribution in [2.45, 2.75) is 76.3 Å². The van der Waals surface area contributed by atoms with Crippen molar-refractivity contribution in [3.63, 3.8) is 0 Å². The highest BCUT2D eigenvalue weighted by Gasteiger charge is 2.25. The van der Waals surface area contributed by atoms with Gasteiger partial charge in [0.15, 0.2) is 0 Å². The van der Waals surface area contributed by atoms with Gasteiger partial charge in [0.2, 0.25) is 5.91 Å². The van der Waals surface area contributed by atoms with Crippen LogP contribution in [0.1, 0.15) is 75.8 Å². The van der Waals surface area contributed by atoms with E-state index in [9.17, 15) is 9.18 Å². The summed E-state index contributed by atoms with van der Waals surface area (Å²) in [5.41, 5.74) is 7.83. The van der Waals surface area contributed by atoms with Crippen molar-refractivity contribution in [3.05, 3.63) is 35.6 Å². The Morgan fingerprint density at radius 3 is 2.56 bits per heavy atom. The minimum absolute atomic E-state index is 0.187. The first-order valence-corrected chi connectivity index (χ1v) is 10.6. The van der Waals surface area contributed by atoms with Crippen molar-refractivity contribution in [3.8, 4) is 0 Å². The highest BCUT2D eigenvalue weighted by atomic mass is 19.1. The lowest BCUT2D eigenvalue weighted by molar-refractivity contribution is -0.135. The average molecular weight is 376 g/mol. The molecule has 2 aliphatic rings.